The number of rotatable bonds is 6. The van der Waals surface area contributed by atoms with Crippen LogP contribution in [0, 0.1) is 23.0 Å². The Hall–Kier alpha value is -1.96. The lowest BCUT2D eigenvalue weighted by Gasteiger charge is -2.06. The van der Waals surface area contributed by atoms with Crippen LogP contribution in [-0.4, -0.2) is 12.5 Å². The van der Waals surface area contributed by atoms with E-state index in [9.17, 15) is 13.6 Å². The number of hydrogen-bond acceptors (Lipinski definition) is 2. The molecule has 1 amide bonds. The fourth-order valence-electron chi connectivity index (χ4n) is 1.48. The van der Waals surface area contributed by atoms with Crippen LogP contribution in [0.2, 0.25) is 0 Å². The molecule has 0 radical (unpaired) electrons. The Morgan fingerprint density at radius 1 is 1.28 bits per heavy atom. The van der Waals surface area contributed by atoms with Gasteiger partial charge in [0.2, 0.25) is 5.91 Å². The third-order valence-electron chi connectivity index (χ3n) is 2.44. The second-order valence-electron chi connectivity index (χ2n) is 3.84. The first-order valence-corrected chi connectivity index (χ1v) is 5.71. The molecule has 0 aliphatic heterocycles. The van der Waals surface area contributed by atoms with Crippen molar-refractivity contribution in [2.24, 2.45) is 0 Å². The molecule has 1 rings (SSSR count). The molecule has 0 saturated carbocycles. The number of nitriles is 1. The quantitative estimate of drug-likeness (QED) is 0.790. The van der Waals surface area contributed by atoms with E-state index in [1.165, 1.54) is 6.07 Å². The maximum atomic E-state index is 13.2. The van der Waals surface area contributed by atoms with E-state index in [1.807, 2.05) is 6.07 Å². The molecule has 0 aliphatic rings. The molecular weight excluding hydrogens is 238 g/mol. The van der Waals surface area contributed by atoms with Gasteiger partial charge in [-0.2, -0.15) is 5.26 Å². The Morgan fingerprint density at radius 2 is 1.94 bits per heavy atom. The second-order valence-corrected chi connectivity index (χ2v) is 3.84. The average molecular weight is 252 g/mol. The van der Waals surface area contributed by atoms with Gasteiger partial charge in [-0.15, -0.1) is 0 Å². The summed E-state index contributed by atoms with van der Waals surface area (Å²) in [6, 6.07) is 5.50. The summed E-state index contributed by atoms with van der Waals surface area (Å²) in [5.41, 5.74) is -0.216. The van der Waals surface area contributed by atoms with Crippen LogP contribution in [0.3, 0.4) is 0 Å². The van der Waals surface area contributed by atoms with E-state index >= 15 is 0 Å². The molecule has 96 valence electrons. The molecule has 18 heavy (non-hydrogen) atoms. The highest BCUT2D eigenvalue weighted by Gasteiger charge is 2.12. The largest absolute Gasteiger partial charge is 0.356 e. The molecule has 5 heteroatoms. The van der Waals surface area contributed by atoms with Gasteiger partial charge in [0.25, 0.3) is 0 Å². The van der Waals surface area contributed by atoms with Crippen LogP contribution in [0.1, 0.15) is 24.8 Å². The lowest BCUT2D eigenvalue weighted by atomic mass is 10.1. The van der Waals surface area contributed by atoms with Gasteiger partial charge in [-0.3, -0.25) is 4.79 Å². The molecule has 1 N–H and O–H groups in total. The highest BCUT2D eigenvalue weighted by Crippen LogP contribution is 2.12. The van der Waals surface area contributed by atoms with Gasteiger partial charge in [-0.1, -0.05) is 6.07 Å². The molecule has 0 unspecified atom stereocenters. The van der Waals surface area contributed by atoms with Crippen molar-refractivity contribution in [1.82, 2.24) is 5.32 Å². The third kappa shape index (κ3) is 4.50. The molecule has 0 bridgehead atoms. The Bertz CT molecular complexity index is 435. The number of carbonyl (C=O) groups excluding carboxylic acids is 1. The molecule has 0 atom stereocenters. The highest BCUT2D eigenvalue weighted by atomic mass is 19.1. The maximum absolute atomic E-state index is 13.2. The van der Waals surface area contributed by atoms with Crippen LogP contribution in [0.5, 0.6) is 0 Å². The topological polar surface area (TPSA) is 52.9 Å². The van der Waals surface area contributed by atoms with Gasteiger partial charge in [0.05, 0.1) is 12.5 Å². The number of benzene rings is 1. The molecule has 1 aromatic carbocycles. The molecule has 0 aliphatic carbocycles. The fraction of sp³-hybridized carbons (Fsp3) is 0.385. The van der Waals surface area contributed by atoms with Crippen LogP contribution >= 0.6 is 0 Å². The number of nitrogens with one attached hydrogen (secondary N) is 1. The summed E-state index contributed by atoms with van der Waals surface area (Å²) in [5, 5.41) is 10.9. The van der Waals surface area contributed by atoms with E-state index < -0.39 is 17.5 Å². The van der Waals surface area contributed by atoms with E-state index in [0.29, 0.717) is 25.8 Å². The van der Waals surface area contributed by atoms with Crippen molar-refractivity contribution in [2.75, 3.05) is 6.54 Å². The van der Waals surface area contributed by atoms with Crippen LogP contribution in [0.15, 0.2) is 18.2 Å². The minimum absolute atomic E-state index is 0.216. The Kier molecular flexibility index (Phi) is 5.78. The summed E-state index contributed by atoms with van der Waals surface area (Å²) in [6.45, 7) is 0.413. The molecule has 3 nitrogen and oxygen atoms in total. The van der Waals surface area contributed by atoms with Gasteiger partial charge in [-0.25, -0.2) is 8.78 Å². The molecule has 0 aromatic heterocycles. The molecule has 0 fully saturated rings. The standard InChI is InChI=1S/C13H14F2N2O/c14-11-5-4-6-12(15)10(11)9-13(18)17-8-3-1-2-7-16/h4-6H,1-3,8-9H2,(H,17,18). The maximum Gasteiger partial charge on any atom is 0.224 e. The van der Waals surface area contributed by atoms with Crippen molar-refractivity contribution in [1.29, 1.82) is 5.26 Å². The van der Waals surface area contributed by atoms with Gasteiger partial charge in [0, 0.05) is 18.5 Å². The summed E-state index contributed by atoms with van der Waals surface area (Å²) >= 11 is 0. The van der Waals surface area contributed by atoms with E-state index in [4.69, 9.17) is 5.26 Å². The number of nitrogens with zero attached hydrogens (tertiary/aromatic N) is 1. The minimum atomic E-state index is -0.713. The Balaban J connectivity index is 2.39. The van der Waals surface area contributed by atoms with Gasteiger partial charge >= 0.3 is 0 Å². The lowest BCUT2D eigenvalue weighted by Crippen LogP contribution is -2.26. The Labute approximate surface area is 104 Å². The zero-order valence-electron chi connectivity index (χ0n) is 9.88. The summed E-state index contributed by atoms with van der Waals surface area (Å²) in [4.78, 5) is 11.4. The first kappa shape index (κ1) is 14.1. The monoisotopic (exact) mass is 252 g/mol. The molecule has 0 saturated heterocycles. The van der Waals surface area contributed by atoms with Crippen LogP contribution in [-0.2, 0) is 11.2 Å². The normalized spacial score (nSPS) is 9.83. The van der Waals surface area contributed by atoms with Crippen molar-refractivity contribution in [3.8, 4) is 6.07 Å². The van der Waals surface area contributed by atoms with E-state index in [2.05, 4.69) is 5.32 Å². The van der Waals surface area contributed by atoms with Crippen molar-refractivity contribution in [3.63, 3.8) is 0 Å². The molecule has 0 heterocycles. The van der Waals surface area contributed by atoms with Gasteiger partial charge in [-0.05, 0) is 25.0 Å². The van der Waals surface area contributed by atoms with Crippen molar-refractivity contribution in [2.45, 2.75) is 25.7 Å². The number of halogens is 2. The number of hydrogen-bond donors (Lipinski definition) is 1. The van der Waals surface area contributed by atoms with Crippen LogP contribution < -0.4 is 5.32 Å². The summed E-state index contributed by atoms with van der Waals surface area (Å²) in [6.07, 6.45) is 1.51. The second kappa shape index (κ2) is 7.38. The van der Waals surface area contributed by atoms with Crippen molar-refractivity contribution >= 4 is 5.91 Å². The van der Waals surface area contributed by atoms with Crippen molar-refractivity contribution in [3.05, 3.63) is 35.4 Å². The van der Waals surface area contributed by atoms with Crippen LogP contribution in [0.4, 0.5) is 8.78 Å². The smallest absolute Gasteiger partial charge is 0.224 e. The minimum Gasteiger partial charge on any atom is -0.356 e. The predicted molar refractivity (Wildman–Crippen MR) is 62.5 cm³/mol. The fourth-order valence-corrected chi connectivity index (χ4v) is 1.48. The summed E-state index contributed by atoms with van der Waals surface area (Å²) in [7, 11) is 0. The van der Waals surface area contributed by atoms with Gasteiger partial charge < -0.3 is 5.32 Å². The number of amides is 1. The van der Waals surface area contributed by atoms with E-state index in [-0.39, 0.29) is 12.0 Å². The molecule has 0 spiro atoms. The zero-order valence-corrected chi connectivity index (χ0v) is 9.88. The molecular formula is C13H14F2N2O. The van der Waals surface area contributed by atoms with Gasteiger partial charge in [0.15, 0.2) is 0 Å². The van der Waals surface area contributed by atoms with E-state index in [0.717, 1.165) is 12.1 Å². The van der Waals surface area contributed by atoms with Crippen molar-refractivity contribution < 1.29 is 13.6 Å². The highest BCUT2D eigenvalue weighted by molar-refractivity contribution is 5.78. The lowest BCUT2D eigenvalue weighted by molar-refractivity contribution is -0.120. The number of unbranched alkanes of at least 4 members (excludes halogenated alkanes) is 2. The van der Waals surface area contributed by atoms with Gasteiger partial charge in [0.1, 0.15) is 11.6 Å². The predicted octanol–water partition coefficient (Wildman–Crippen LogP) is 2.32. The van der Waals surface area contributed by atoms with E-state index in [1.54, 1.807) is 0 Å². The summed E-state index contributed by atoms with van der Waals surface area (Å²) < 4.78 is 26.5. The average Bonchev–Trinajstić information content (AvgIpc) is 2.34. The molecule has 1 aromatic rings. The third-order valence-corrected chi connectivity index (χ3v) is 2.44. The zero-order chi connectivity index (χ0) is 13.4. The number of carbonyl (C=O) groups is 1. The first-order chi connectivity index (χ1) is 8.65. The first-order valence-electron chi connectivity index (χ1n) is 5.71. The SMILES string of the molecule is N#CCCCCNC(=O)Cc1c(F)cccc1F. The van der Waals surface area contributed by atoms with Crippen LogP contribution in [0.25, 0.3) is 0 Å². The Morgan fingerprint density at radius 3 is 2.56 bits per heavy atom. The summed E-state index contributed by atoms with van der Waals surface area (Å²) in [5.74, 6) is -1.85.